The van der Waals surface area contributed by atoms with E-state index in [9.17, 15) is 9.59 Å². The van der Waals surface area contributed by atoms with E-state index in [0.29, 0.717) is 11.3 Å². The van der Waals surface area contributed by atoms with Gasteiger partial charge in [0.05, 0.1) is 0 Å². The Morgan fingerprint density at radius 1 is 1.16 bits per heavy atom. The van der Waals surface area contributed by atoms with E-state index in [1.807, 2.05) is 0 Å². The molecule has 0 unspecified atom stereocenters. The molecule has 3 N–H and O–H groups in total. The second kappa shape index (κ2) is 5.49. The number of nitrogens with zero attached hydrogens (tertiary/aromatic N) is 1. The zero-order chi connectivity index (χ0) is 13.8. The van der Waals surface area contributed by atoms with Gasteiger partial charge in [-0.1, -0.05) is 23.7 Å². The van der Waals surface area contributed by atoms with Gasteiger partial charge >= 0.3 is 0 Å². The van der Waals surface area contributed by atoms with Crippen LogP contribution in [0.4, 0.5) is 5.69 Å². The number of aromatic nitrogens is 1. The number of hydrogen-bond acceptors (Lipinski definition) is 3. The summed E-state index contributed by atoms with van der Waals surface area (Å²) in [5.74, 6) is -0.971. The second-order valence-corrected chi connectivity index (χ2v) is 4.13. The second-order valence-electron chi connectivity index (χ2n) is 3.74. The van der Waals surface area contributed by atoms with E-state index in [1.165, 1.54) is 6.07 Å². The van der Waals surface area contributed by atoms with E-state index in [0.717, 1.165) is 0 Å². The number of nitrogens with one attached hydrogen (secondary N) is 1. The lowest BCUT2D eigenvalue weighted by atomic mass is 10.2. The van der Waals surface area contributed by atoms with Gasteiger partial charge in [0, 0.05) is 11.3 Å². The average Bonchev–Trinajstić information content (AvgIpc) is 2.39. The summed E-state index contributed by atoms with van der Waals surface area (Å²) in [6, 6.07) is 11.1. The number of rotatable bonds is 3. The van der Waals surface area contributed by atoms with Crippen LogP contribution in [0.1, 0.15) is 20.8 Å². The number of nitrogens with two attached hydrogens (primary N) is 1. The maximum absolute atomic E-state index is 11.9. The van der Waals surface area contributed by atoms with Crippen LogP contribution in [0.3, 0.4) is 0 Å². The summed E-state index contributed by atoms with van der Waals surface area (Å²) in [6.45, 7) is 0. The molecule has 0 saturated heterocycles. The molecule has 0 atom stereocenters. The monoisotopic (exact) mass is 275 g/mol. The highest BCUT2D eigenvalue weighted by atomic mass is 35.5. The number of anilines is 1. The molecular formula is C13H10ClN3O2. The van der Waals surface area contributed by atoms with Gasteiger partial charge in [-0.15, -0.1) is 0 Å². The average molecular weight is 276 g/mol. The Morgan fingerprint density at radius 2 is 1.89 bits per heavy atom. The third-order valence-electron chi connectivity index (χ3n) is 2.35. The van der Waals surface area contributed by atoms with E-state index < -0.39 is 11.8 Å². The molecular weight excluding hydrogens is 266 g/mol. The van der Waals surface area contributed by atoms with Gasteiger partial charge in [-0.2, -0.15) is 0 Å². The van der Waals surface area contributed by atoms with Crippen molar-refractivity contribution in [2.24, 2.45) is 5.73 Å². The van der Waals surface area contributed by atoms with Gasteiger partial charge in [-0.3, -0.25) is 9.59 Å². The zero-order valence-electron chi connectivity index (χ0n) is 9.76. The predicted octanol–water partition coefficient (Wildman–Crippen LogP) is 2.09. The molecule has 96 valence electrons. The lowest BCUT2D eigenvalue weighted by molar-refractivity contribution is 0.0995. The molecule has 1 heterocycles. The minimum absolute atomic E-state index is 0.192. The predicted molar refractivity (Wildman–Crippen MR) is 72.2 cm³/mol. The molecule has 0 fully saturated rings. The Labute approximate surface area is 114 Å². The summed E-state index contributed by atoms with van der Waals surface area (Å²) in [5.41, 5.74) is 6.13. The van der Waals surface area contributed by atoms with Crippen molar-refractivity contribution in [1.82, 2.24) is 4.98 Å². The van der Waals surface area contributed by atoms with Crippen molar-refractivity contribution < 1.29 is 9.59 Å². The van der Waals surface area contributed by atoms with Gasteiger partial charge in [0.15, 0.2) is 0 Å². The molecule has 5 nitrogen and oxygen atoms in total. The zero-order valence-corrected chi connectivity index (χ0v) is 10.5. The van der Waals surface area contributed by atoms with Gasteiger partial charge in [0.2, 0.25) is 5.91 Å². The van der Waals surface area contributed by atoms with E-state index in [2.05, 4.69) is 10.3 Å². The number of primary amides is 1. The largest absolute Gasteiger partial charge is 0.366 e. The highest BCUT2D eigenvalue weighted by Crippen LogP contribution is 2.12. The third-order valence-corrected chi connectivity index (χ3v) is 2.56. The Balaban J connectivity index is 2.19. The van der Waals surface area contributed by atoms with Gasteiger partial charge < -0.3 is 11.1 Å². The lowest BCUT2D eigenvalue weighted by Crippen LogP contribution is -2.15. The molecule has 6 heteroatoms. The van der Waals surface area contributed by atoms with E-state index in [1.54, 1.807) is 36.4 Å². The summed E-state index contributed by atoms with van der Waals surface area (Å²) in [5, 5.41) is 2.85. The van der Waals surface area contributed by atoms with E-state index >= 15 is 0 Å². The summed E-state index contributed by atoms with van der Waals surface area (Å²) in [6.07, 6.45) is 0. The van der Waals surface area contributed by atoms with E-state index in [4.69, 9.17) is 17.3 Å². The molecule has 2 amide bonds. The third kappa shape index (κ3) is 3.29. The maximum atomic E-state index is 11.9. The molecule has 0 aliphatic heterocycles. The minimum atomic E-state index is -0.558. The number of pyridine rings is 1. The summed E-state index contributed by atoms with van der Waals surface area (Å²) in [7, 11) is 0. The first-order valence-corrected chi connectivity index (χ1v) is 5.78. The first-order chi connectivity index (χ1) is 9.06. The van der Waals surface area contributed by atoms with Crippen LogP contribution in [0, 0.1) is 0 Å². The topological polar surface area (TPSA) is 85.1 Å². The molecule has 1 aromatic carbocycles. The smallest absolute Gasteiger partial charge is 0.274 e. The van der Waals surface area contributed by atoms with Crippen LogP contribution >= 0.6 is 11.6 Å². The first-order valence-electron chi connectivity index (χ1n) is 5.40. The van der Waals surface area contributed by atoms with Crippen molar-refractivity contribution >= 4 is 29.1 Å². The molecule has 0 spiro atoms. The number of carbonyl (C=O) groups is 2. The Hall–Kier alpha value is -2.40. The lowest BCUT2D eigenvalue weighted by Gasteiger charge is -2.05. The van der Waals surface area contributed by atoms with E-state index in [-0.39, 0.29) is 10.8 Å². The van der Waals surface area contributed by atoms with Crippen LogP contribution in [-0.2, 0) is 0 Å². The molecule has 0 aliphatic carbocycles. The summed E-state index contributed by atoms with van der Waals surface area (Å²) >= 11 is 5.71. The fourth-order valence-corrected chi connectivity index (χ4v) is 1.64. The van der Waals surface area contributed by atoms with Crippen LogP contribution in [0.2, 0.25) is 5.15 Å². The number of carbonyl (C=O) groups excluding carboxylic acids is 2. The molecule has 2 aromatic rings. The normalized spacial score (nSPS) is 9.95. The maximum Gasteiger partial charge on any atom is 0.274 e. The van der Waals surface area contributed by atoms with Crippen LogP contribution in [0.15, 0.2) is 42.5 Å². The molecule has 0 bridgehead atoms. The summed E-state index contributed by atoms with van der Waals surface area (Å²) < 4.78 is 0. The molecule has 1 aromatic heterocycles. The fourth-order valence-electron chi connectivity index (χ4n) is 1.48. The highest BCUT2D eigenvalue weighted by molar-refractivity contribution is 6.29. The highest BCUT2D eigenvalue weighted by Gasteiger charge is 2.09. The van der Waals surface area contributed by atoms with Crippen molar-refractivity contribution in [3.63, 3.8) is 0 Å². The number of benzene rings is 1. The van der Waals surface area contributed by atoms with Crippen molar-refractivity contribution in [2.45, 2.75) is 0 Å². The van der Waals surface area contributed by atoms with Crippen molar-refractivity contribution in [1.29, 1.82) is 0 Å². The molecule has 2 rings (SSSR count). The first kappa shape index (κ1) is 13.0. The number of halogens is 1. The molecule has 0 radical (unpaired) electrons. The van der Waals surface area contributed by atoms with Crippen LogP contribution < -0.4 is 11.1 Å². The quantitative estimate of drug-likeness (QED) is 0.841. The van der Waals surface area contributed by atoms with Gasteiger partial charge in [-0.25, -0.2) is 4.98 Å². The van der Waals surface area contributed by atoms with Crippen LogP contribution in [-0.4, -0.2) is 16.8 Å². The van der Waals surface area contributed by atoms with Crippen molar-refractivity contribution in [3.05, 3.63) is 58.9 Å². The van der Waals surface area contributed by atoms with Gasteiger partial charge in [0.1, 0.15) is 10.8 Å². The minimum Gasteiger partial charge on any atom is -0.366 e. The number of amides is 2. The Bertz CT molecular complexity index is 643. The molecule has 0 saturated carbocycles. The number of hydrogen-bond donors (Lipinski definition) is 2. The SMILES string of the molecule is NC(=O)c1cccc(NC(=O)c2cccc(Cl)n2)c1. The Kier molecular flexibility index (Phi) is 3.77. The van der Waals surface area contributed by atoms with Gasteiger partial charge in [-0.05, 0) is 30.3 Å². The van der Waals surface area contributed by atoms with Gasteiger partial charge in [0.25, 0.3) is 5.91 Å². The summed E-state index contributed by atoms with van der Waals surface area (Å²) in [4.78, 5) is 26.8. The van der Waals surface area contributed by atoms with Crippen LogP contribution in [0.5, 0.6) is 0 Å². The molecule has 0 aliphatic rings. The standard InChI is InChI=1S/C13H10ClN3O2/c14-11-6-2-5-10(17-11)13(19)16-9-4-1-3-8(7-9)12(15)18/h1-7H,(H2,15,18)(H,16,19). The fraction of sp³-hybridized carbons (Fsp3) is 0. The van der Waals surface area contributed by atoms with Crippen molar-refractivity contribution in [3.8, 4) is 0 Å². The van der Waals surface area contributed by atoms with Crippen molar-refractivity contribution in [2.75, 3.05) is 5.32 Å². The molecule has 19 heavy (non-hydrogen) atoms. The Morgan fingerprint density at radius 3 is 2.58 bits per heavy atom. The van der Waals surface area contributed by atoms with Crippen LogP contribution in [0.25, 0.3) is 0 Å².